The summed E-state index contributed by atoms with van der Waals surface area (Å²) >= 11 is 0. The van der Waals surface area contributed by atoms with Crippen LogP contribution in [0, 0.1) is 5.92 Å². The molecule has 2 N–H and O–H groups in total. The van der Waals surface area contributed by atoms with E-state index in [1.165, 1.54) is 0 Å². The van der Waals surface area contributed by atoms with Gasteiger partial charge in [0.2, 0.25) is 0 Å². The fourth-order valence-corrected chi connectivity index (χ4v) is 6.81. The predicted molar refractivity (Wildman–Crippen MR) is 215 cm³/mol. The van der Waals surface area contributed by atoms with E-state index >= 15 is 4.79 Å². The first-order valence-corrected chi connectivity index (χ1v) is 18.2. The summed E-state index contributed by atoms with van der Waals surface area (Å²) in [5, 5.41) is 7.37. The van der Waals surface area contributed by atoms with E-state index < -0.39 is 23.0 Å². The number of nitrogens with zero attached hydrogens (tertiary/aromatic N) is 2. The molecule has 6 rings (SSSR count). The lowest BCUT2D eigenvalue weighted by Gasteiger charge is -2.45. The SMILES string of the molecule is CC(C)C(Nc1ccccc1)C(=N[C@@]1(c2ccccc2)C(=O)N(CC(=O)OC(C)(C)C)C(c2ccccc2)=C[C@H]1c1ccccc1)Nc1ccccc1. The summed E-state index contributed by atoms with van der Waals surface area (Å²) in [4.78, 5) is 37.0. The molecular weight excluding hydrogens is 657 g/mol. The molecule has 0 radical (unpaired) electrons. The Labute approximate surface area is 313 Å². The lowest BCUT2D eigenvalue weighted by molar-refractivity contribution is -0.158. The van der Waals surface area contributed by atoms with Crippen LogP contribution in [-0.2, 0) is 19.9 Å². The van der Waals surface area contributed by atoms with E-state index in [-0.39, 0.29) is 24.4 Å². The summed E-state index contributed by atoms with van der Waals surface area (Å²) in [5.41, 5.74) is 2.51. The van der Waals surface area contributed by atoms with Crippen LogP contribution in [0.15, 0.2) is 163 Å². The number of nitrogens with one attached hydrogen (secondary N) is 2. The Morgan fingerprint density at radius 1 is 0.755 bits per heavy atom. The number of hydrogen-bond donors (Lipinski definition) is 2. The number of benzene rings is 5. The lowest BCUT2D eigenvalue weighted by Crippen LogP contribution is -2.54. The highest BCUT2D eigenvalue weighted by Gasteiger charge is 2.54. The number of amides is 1. The zero-order valence-corrected chi connectivity index (χ0v) is 31.1. The smallest absolute Gasteiger partial charge is 0.326 e. The van der Waals surface area contributed by atoms with Gasteiger partial charge in [-0.2, -0.15) is 0 Å². The molecule has 0 bridgehead atoms. The molecule has 1 amide bonds. The van der Waals surface area contributed by atoms with Crippen molar-refractivity contribution in [3.63, 3.8) is 0 Å². The first-order valence-electron chi connectivity index (χ1n) is 18.2. The van der Waals surface area contributed by atoms with Crippen LogP contribution in [-0.4, -0.2) is 40.8 Å². The highest BCUT2D eigenvalue weighted by molar-refractivity contribution is 6.06. The van der Waals surface area contributed by atoms with E-state index in [1.54, 1.807) is 4.90 Å². The molecule has 0 fully saturated rings. The summed E-state index contributed by atoms with van der Waals surface area (Å²) in [5.74, 6) is -0.785. The van der Waals surface area contributed by atoms with Gasteiger partial charge in [0.25, 0.3) is 5.91 Å². The molecule has 0 saturated carbocycles. The standard InChI is InChI=1S/C46H48N4O3/c1-33(2)42(47-37-27-17-9-18-28-37)43(48-38-29-19-10-20-30-38)49-46(36-25-15-8-16-26-36)39(34-21-11-6-12-22-34)31-40(35-23-13-7-14-24-35)50(44(46)52)32-41(51)53-45(3,4)5/h6-31,33,39,42,47H,32H2,1-5H3,(H,48,49)/t39-,42?,46+/m0/s1. The van der Waals surface area contributed by atoms with Gasteiger partial charge in [0.1, 0.15) is 18.0 Å². The maximum atomic E-state index is 16.0. The Kier molecular flexibility index (Phi) is 11.2. The number of esters is 1. The van der Waals surface area contributed by atoms with Crippen LogP contribution in [0.5, 0.6) is 0 Å². The first kappa shape index (κ1) is 36.8. The highest BCUT2D eigenvalue weighted by atomic mass is 16.6. The van der Waals surface area contributed by atoms with Crippen LogP contribution in [0.2, 0.25) is 0 Å². The second-order valence-corrected chi connectivity index (χ2v) is 14.6. The second kappa shape index (κ2) is 16.2. The molecule has 5 aromatic rings. The van der Waals surface area contributed by atoms with Gasteiger partial charge in [0, 0.05) is 23.0 Å². The Hall–Kier alpha value is -5.95. The highest BCUT2D eigenvalue weighted by Crippen LogP contribution is 2.49. The van der Waals surface area contributed by atoms with Crippen molar-refractivity contribution in [3.05, 3.63) is 174 Å². The normalized spacial score (nSPS) is 18.3. The van der Waals surface area contributed by atoms with Crippen molar-refractivity contribution in [2.45, 2.75) is 57.7 Å². The molecule has 1 heterocycles. The number of carbonyl (C=O) groups is 2. The number of rotatable bonds is 11. The fourth-order valence-electron chi connectivity index (χ4n) is 6.81. The van der Waals surface area contributed by atoms with E-state index in [0.717, 1.165) is 22.5 Å². The van der Waals surface area contributed by atoms with E-state index in [1.807, 2.05) is 172 Å². The number of carbonyl (C=O) groups excluding carboxylic acids is 2. The van der Waals surface area contributed by atoms with Gasteiger partial charge in [-0.1, -0.05) is 141 Å². The second-order valence-electron chi connectivity index (χ2n) is 14.6. The van der Waals surface area contributed by atoms with Crippen LogP contribution in [0.1, 0.15) is 57.2 Å². The number of para-hydroxylation sites is 2. The van der Waals surface area contributed by atoms with Gasteiger partial charge in [-0.05, 0) is 73.7 Å². The molecule has 0 saturated heterocycles. The van der Waals surface area contributed by atoms with Crippen LogP contribution in [0.25, 0.3) is 5.70 Å². The molecule has 1 aliphatic rings. The van der Waals surface area contributed by atoms with E-state index in [2.05, 4.69) is 30.6 Å². The Morgan fingerprint density at radius 2 is 1.26 bits per heavy atom. The fraction of sp³-hybridized carbons (Fsp3) is 0.239. The molecule has 5 aromatic carbocycles. The van der Waals surface area contributed by atoms with Crippen molar-refractivity contribution in [2.24, 2.45) is 10.9 Å². The topological polar surface area (TPSA) is 83.0 Å². The average Bonchev–Trinajstić information content (AvgIpc) is 3.16. The Bertz CT molecular complexity index is 2030. The Morgan fingerprint density at radius 3 is 1.81 bits per heavy atom. The third-order valence-electron chi connectivity index (χ3n) is 9.19. The summed E-state index contributed by atoms with van der Waals surface area (Å²) in [7, 11) is 0. The summed E-state index contributed by atoms with van der Waals surface area (Å²) in [6, 6.07) is 49.0. The van der Waals surface area contributed by atoms with E-state index in [4.69, 9.17) is 9.73 Å². The molecule has 270 valence electrons. The lowest BCUT2D eigenvalue weighted by atomic mass is 9.70. The number of hydrogen-bond acceptors (Lipinski definition) is 5. The van der Waals surface area contributed by atoms with Crippen LogP contribution in [0.4, 0.5) is 11.4 Å². The number of ether oxygens (including phenoxy) is 1. The van der Waals surface area contributed by atoms with Crippen molar-refractivity contribution in [2.75, 3.05) is 17.2 Å². The average molecular weight is 705 g/mol. The molecule has 7 heteroatoms. The van der Waals surface area contributed by atoms with Crippen molar-refractivity contribution < 1.29 is 14.3 Å². The van der Waals surface area contributed by atoms with Gasteiger partial charge in [-0.15, -0.1) is 0 Å². The van der Waals surface area contributed by atoms with Gasteiger partial charge < -0.3 is 15.4 Å². The maximum Gasteiger partial charge on any atom is 0.326 e. The maximum absolute atomic E-state index is 16.0. The molecule has 1 aliphatic heterocycles. The van der Waals surface area contributed by atoms with E-state index in [9.17, 15) is 4.79 Å². The molecule has 3 atom stereocenters. The first-order chi connectivity index (χ1) is 25.5. The van der Waals surface area contributed by atoms with Crippen LogP contribution in [0.3, 0.4) is 0 Å². The quantitative estimate of drug-likeness (QED) is 0.0813. The molecular formula is C46H48N4O3. The van der Waals surface area contributed by atoms with Crippen molar-refractivity contribution in [3.8, 4) is 0 Å². The number of amidine groups is 1. The van der Waals surface area contributed by atoms with Crippen LogP contribution < -0.4 is 10.6 Å². The third-order valence-corrected chi connectivity index (χ3v) is 9.19. The number of anilines is 2. The zero-order valence-electron chi connectivity index (χ0n) is 31.1. The summed E-state index contributed by atoms with van der Waals surface area (Å²) < 4.78 is 5.84. The van der Waals surface area contributed by atoms with Gasteiger partial charge in [0.15, 0.2) is 5.54 Å². The predicted octanol–water partition coefficient (Wildman–Crippen LogP) is 9.54. The minimum Gasteiger partial charge on any atom is -0.459 e. The molecule has 7 nitrogen and oxygen atoms in total. The minimum absolute atomic E-state index is 0.0418. The molecule has 1 unspecified atom stereocenters. The van der Waals surface area contributed by atoms with Gasteiger partial charge in [-0.25, -0.2) is 4.99 Å². The largest absolute Gasteiger partial charge is 0.459 e. The summed E-state index contributed by atoms with van der Waals surface area (Å²) in [6.07, 6.45) is 2.10. The van der Waals surface area contributed by atoms with Gasteiger partial charge in [0.05, 0.1) is 6.04 Å². The molecule has 0 spiro atoms. The van der Waals surface area contributed by atoms with Crippen molar-refractivity contribution in [1.29, 1.82) is 0 Å². The van der Waals surface area contributed by atoms with Crippen LogP contribution >= 0.6 is 0 Å². The molecule has 0 aliphatic carbocycles. The van der Waals surface area contributed by atoms with Gasteiger partial charge >= 0.3 is 5.97 Å². The molecule has 0 aromatic heterocycles. The minimum atomic E-state index is -1.55. The Balaban J connectivity index is 1.67. The zero-order chi connectivity index (χ0) is 37.4. The monoisotopic (exact) mass is 704 g/mol. The summed E-state index contributed by atoms with van der Waals surface area (Å²) in [6.45, 7) is 9.46. The third kappa shape index (κ3) is 8.58. The number of aliphatic imine (C=N–C) groups is 1. The van der Waals surface area contributed by atoms with Crippen molar-refractivity contribution in [1.82, 2.24) is 4.90 Å². The van der Waals surface area contributed by atoms with E-state index in [0.29, 0.717) is 17.1 Å². The van der Waals surface area contributed by atoms with Crippen molar-refractivity contribution >= 4 is 34.8 Å². The van der Waals surface area contributed by atoms with Gasteiger partial charge in [-0.3, -0.25) is 14.5 Å². The molecule has 53 heavy (non-hydrogen) atoms.